The van der Waals surface area contributed by atoms with E-state index in [1.54, 1.807) is 18.5 Å². The smallest absolute Gasteiger partial charge is 0.175 e. The molecule has 4 rings (SSSR count). The Balaban J connectivity index is 1.71. The number of hydrogen-bond donors (Lipinski definition) is 3. The van der Waals surface area contributed by atoms with E-state index in [1.165, 1.54) is 0 Å². The van der Waals surface area contributed by atoms with Crippen LogP contribution in [0.2, 0.25) is 0 Å². The Morgan fingerprint density at radius 3 is 2.42 bits per heavy atom. The topological polar surface area (TPSA) is 91.9 Å². The lowest BCUT2D eigenvalue weighted by molar-refractivity contribution is 0.0847. The predicted molar refractivity (Wildman–Crippen MR) is 122 cm³/mol. The van der Waals surface area contributed by atoms with E-state index < -0.39 is 5.41 Å². The molecule has 31 heavy (non-hydrogen) atoms. The van der Waals surface area contributed by atoms with Crippen molar-refractivity contribution in [2.24, 2.45) is 5.73 Å². The molecule has 0 atom stereocenters. The molecule has 0 bridgehead atoms. The Labute approximate surface area is 182 Å². The van der Waals surface area contributed by atoms with E-state index >= 15 is 0 Å². The Bertz CT molecular complexity index is 1170. The number of nitrogens with one attached hydrogen (secondary N) is 2. The van der Waals surface area contributed by atoms with Gasteiger partial charge in [0.2, 0.25) is 0 Å². The van der Waals surface area contributed by atoms with Crippen LogP contribution in [0, 0.1) is 17.3 Å². The first-order valence-corrected chi connectivity index (χ1v) is 10.3. The van der Waals surface area contributed by atoms with Crippen molar-refractivity contribution in [1.29, 1.82) is 5.41 Å². The van der Waals surface area contributed by atoms with Crippen LogP contribution in [0.1, 0.15) is 45.5 Å². The van der Waals surface area contributed by atoms with Gasteiger partial charge in [0.05, 0.1) is 5.41 Å². The van der Waals surface area contributed by atoms with Crippen molar-refractivity contribution in [3.05, 3.63) is 101 Å². The molecule has 0 radical (unpaired) electrons. The van der Waals surface area contributed by atoms with E-state index in [9.17, 15) is 4.79 Å². The molecule has 4 N–H and O–H groups in total. The molecule has 2 aromatic carbocycles. The van der Waals surface area contributed by atoms with Crippen LogP contribution in [-0.2, 0) is 5.41 Å². The fourth-order valence-corrected chi connectivity index (χ4v) is 4.06. The summed E-state index contributed by atoms with van der Waals surface area (Å²) in [5.74, 6) is 6.26. The van der Waals surface area contributed by atoms with Gasteiger partial charge in [-0.15, -0.1) is 0 Å². The second kappa shape index (κ2) is 8.95. The van der Waals surface area contributed by atoms with Crippen LogP contribution in [0.3, 0.4) is 0 Å². The molecule has 2 heterocycles. The van der Waals surface area contributed by atoms with Gasteiger partial charge in [-0.25, -0.2) is 0 Å². The molecule has 154 valence electrons. The number of amidine groups is 1. The number of carbonyl (C=O) groups excluding carboxylic acids is 1. The van der Waals surface area contributed by atoms with Gasteiger partial charge in [-0.3, -0.25) is 15.2 Å². The number of rotatable bonds is 4. The Hall–Kier alpha value is -3.75. The van der Waals surface area contributed by atoms with Crippen LogP contribution < -0.4 is 11.1 Å². The van der Waals surface area contributed by atoms with E-state index in [2.05, 4.69) is 22.1 Å². The Morgan fingerprint density at radius 2 is 1.68 bits per heavy atom. The van der Waals surface area contributed by atoms with Crippen molar-refractivity contribution in [2.45, 2.75) is 18.3 Å². The maximum absolute atomic E-state index is 13.8. The number of Topliss-reactive ketones (excluding diaryl/α,β-unsaturated/α-hetero) is 1. The highest BCUT2D eigenvalue weighted by Crippen LogP contribution is 2.37. The average molecular weight is 409 g/mol. The van der Waals surface area contributed by atoms with Crippen molar-refractivity contribution < 1.29 is 4.79 Å². The van der Waals surface area contributed by atoms with Gasteiger partial charge >= 0.3 is 0 Å². The largest absolute Gasteiger partial charge is 0.384 e. The van der Waals surface area contributed by atoms with Gasteiger partial charge < -0.3 is 11.1 Å². The first-order chi connectivity index (χ1) is 15.1. The second-order valence-electron chi connectivity index (χ2n) is 7.73. The highest BCUT2D eigenvalue weighted by Gasteiger charge is 2.41. The summed E-state index contributed by atoms with van der Waals surface area (Å²) in [7, 11) is 0. The van der Waals surface area contributed by atoms with Gasteiger partial charge in [-0.05, 0) is 55.8 Å². The zero-order chi connectivity index (χ0) is 21.7. The highest BCUT2D eigenvalue weighted by atomic mass is 16.1. The number of ketones is 1. The molecule has 0 spiro atoms. The molecular formula is C26H24N4O. The fourth-order valence-electron chi connectivity index (χ4n) is 4.06. The first kappa shape index (κ1) is 20.5. The second-order valence-corrected chi connectivity index (χ2v) is 7.73. The van der Waals surface area contributed by atoms with Crippen LogP contribution in [0.25, 0.3) is 0 Å². The van der Waals surface area contributed by atoms with Crippen molar-refractivity contribution >= 4 is 11.6 Å². The number of nitrogens with two attached hydrogens (primary N) is 1. The van der Waals surface area contributed by atoms with Crippen molar-refractivity contribution in [3.8, 4) is 11.8 Å². The summed E-state index contributed by atoms with van der Waals surface area (Å²) >= 11 is 0. The monoisotopic (exact) mass is 408 g/mol. The molecule has 0 aliphatic carbocycles. The third-order valence-electron chi connectivity index (χ3n) is 5.74. The van der Waals surface area contributed by atoms with Crippen molar-refractivity contribution in [3.63, 3.8) is 0 Å². The minimum Gasteiger partial charge on any atom is -0.384 e. The van der Waals surface area contributed by atoms with Gasteiger partial charge in [0.15, 0.2) is 5.78 Å². The quantitative estimate of drug-likeness (QED) is 0.267. The number of nitrogen functional groups attached to an aromatic ring is 1. The molecule has 5 nitrogen and oxygen atoms in total. The van der Waals surface area contributed by atoms with Gasteiger partial charge in [0, 0.05) is 34.6 Å². The molecule has 0 unspecified atom stereocenters. The minimum atomic E-state index is -0.677. The summed E-state index contributed by atoms with van der Waals surface area (Å²) < 4.78 is 0. The molecule has 1 fully saturated rings. The lowest BCUT2D eigenvalue weighted by Crippen LogP contribution is -2.45. The maximum Gasteiger partial charge on any atom is 0.175 e. The van der Waals surface area contributed by atoms with E-state index in [-0.39, 0.29) is 11.6 Å². The number of hydrogen-bond acceptors (Lipinski definition) is 4. The molecule has 1 aromatic heterocycles. The lowest BCUT2D eigenvalue weighted by atomic mass is 9.68. The number of benzene rings is 2. The maximum atomic E-state index is 13.8. The zero-order valence-corrected chi connectivity index (χ0v) is 17.2. The number of nitrogens with zero attached hydrogens (tertiary/aromatic N) is 1. The van der Waals surface area contributed by atoms with E-state index in [0.29, 0.717) is 29.5 Å². The first-order valence-electron chi connectivity index (χ1n) is 10.3. The summed E-state index contributed by atoms with van der Waals surface area (Å²) in [4.78, 5) is 18.1. The van der Waals surface area contributed by atoms with E-state index in [4.69, 9.17) is 11.1 Å². The van der Waals surface area contributed by atoms with Crippen LogP contribution in [0.5, 0.6) is 0 Å². The molecule has 1 saturated heterocycles. The fraction of sp³-hybridized carbons (Fsp3) is 0.192. The molecule has 3 aromatic rings. The zero-order valence-electron chi connectivity index (χ0n) is 17.2. The number of piperidine rings is 1. The molecule has 1 aliphatic rings. The lowest BCUT2D eigenvalue weighted by Gasteiger charge is -2.37. The number of aromatic nitrogens is 1. The molecule has 1 aliphatic heterocycles. The number of pyridine rings is 1. The Kier molecular flexibility index (Phi) is 5.92. The highest BCUT2D eigenvalue weighted by molar-refractivity contribution is 6.05. The summed E-state index contributed by atoms with van der Waals surface area (Å²) in [5.41, 5.74) is 8.72. The van der Waals surface area contributed by atoms with Gasteiger partial charge in [-0.2, -0.15) is 0 Å². The van der Waals surface area contributed by atoms with Crippen LogP contribution in [-0.4, -0.2) is 29.7 Å². The van der Waals surface area contributed by atoms with Crippen LogP contribution in [0.4, 0.5) is 0 Å². The molecular weight excluding hydrogens is 384 g/mol. The minimum absolute atomic E-state index is 0.00164. The SMILES string of the molecule is N=C(N)c1cccc(C2(C(=O)c3cncc(C#Cc4ccccc4)c3)CCNCC2)c1. The van der Waals surface area contributed by atoms with Gasteiger partial charge in [0.25, 0.3) is 0 Å². The molecule has 0 saturated carbocycles. The van der Waals surface area contributed by atoms with E-state index in [1.807, 2.05) is 54.6 Å². The van der Waals surface area contributed by atoms with Crippen LogP contribution >= 0.6 is 0 Å². The summed E-state index contributed by atoms with van der Waals surface area (Å²) in [6.07, 6.45) is 4.65. The third-order valence-corrected chi connectivity index (χ3v) is 5.74. The van der Waals surface area contributed by atoms with Crippen molar-refractivity contribution in [2.75, 3.05) is 13.1 Å². The van der Waals surface area contributed by atoms with Gasteiger partial charge in [0.1, 0.15) is 5.84 Å². The normalized spacial score (nSPS) is 14.8. The Morgan fingerprint density at radius 1 is 0.935 bits per heavy atom. The summed E-state index contributed by atoms with van der Waals surface area (Å²) in [5, 5.41) is 11.1. The molecule has 5 heteroatoms. The summed E-state index contributed by atoms with van der Waals surface area (Å²) in [6.45, 7) is 1.49. The van der Waals surface area contributed by atoms with Crippen molar-refractivity contribution in [1.82, 2.24) is 10.3 Å². The molecule has 0 amide bonds. The number of carbonyl (C=O) groups is 1. The van der Waals surface area contributed by atoms with E-state index in [0.717, 1.165) is 24.2 Å². The third kappa shape index (κ3) is 4.40. The summed E-state index contributed by atoms with van der Waals surface area (Å²) in [6, 6.07) is 19.0. The van der Waals surface area contributed by atoms with Gasteiger partial charge in [-0.1, -0.05) is 48.2 Å². The standard InChI is InChI=1S/C26H24N4O/c27-25(28)21-7-4-8-23(16-21)26(11-13-29-14-12-26)24(31)22-15-20(17-30-18-22)10-9-19-5-2-1-3-6-19/h1-8,15-18,29H,11-14H2,(H3,27,28). The average Bonchev–Trinajstić information content (AvgIpc) is 2.83. The van der Waals surface area contributed by atoms with Crippen LogP contribution in [0.15, 0.2) is 73.1 Å². The predicted octanol–water partition coefficient (Wildman–Crippen LogP) is 3.27.